The summed E-state index contributed by atoms with van der Waals surface area (Å²) in [4.78, 5) is 8.99. The van der Waals surface area contributed by atoms with Crippen LogP contribution in [0.15, 0.2) is 72.8 Å². The van der Waals surface area contributed by atoms with Crippen molar-refractivity contribution in [2.24, 2.45) is 5.41 Å². The van der Waals surface area contributed by atoms with Crippen molar-refractivity contribution in [3.63, 3.8) is 0 Å². The summed E-state index contributed by atoms with van der Waals surface area (Å²) in [5, 5.41) is 19.0. The number of nitriles is 1. The van der Waals surface area contributed by atoms with Crippen molar-refractivity contribution < 1.29 is 13.2 Å². The number of aromatic nitrogens is 2. The molecule has 0 radical (unpaired) electrons. The van der Waals surface area contributed by atoms with Gasteiger partial charge in [-0.25, -0.2) is 0 Å². The monoisotopic (exact) mass is 646 g/mol. The van der Waals surface area contributed by atoms with E-state index in [1.807, 2.05) is 49.4 Å². The zero-order valence-electron chi connectivity index (χ0n) is 25.9. The molecule has 2 aromatic heterocycles. The predicted octanol–water partition coefficient (Wildman–Crippen LogP) is 8.00. The van der Waals surface area contributed by atoms with E-state index in [0.717, 1.165) is 27.4 Å². The zero-order chi connectivity index (χ0) is 32.9. The van der Waals surface area contributed by atoms with Crippen LogP contribution in [0.5, 0.6) is 0 Å². The maximum atomic E-state index is 14.1. The van der Waals surface area contributed by atoms with Gasteiger partial charge in [-0.1, -0.05) is 56.6 Å². The smallest absolute Gasteiger partial charge is 0.383 e. The molecular weight excluding hydrogens is 613 g/mol. The molecule has 4 N–H and O–H groups in total. The van der Waals surface area contributed by atoms with Crippen LogP contribution in [0.4, 0.5) is 24.5 Å². The van der Waals surface area contributed by atoms with E-state index in [-0.39, 0.29) is 18.3 Å². The van der Waals surface area contributed by atoms with Crippen LogP contribution >= 0.6 is 11.6 Å². The standard InChI is InChI=1S/C34H34ClF3N8/c1-20-23(27-10-5-6-13-40-27)8-7-9-24(20)31(28-18-46(45-44-28)33(11-12-33)34(36,37)38)43-22-14-25-29(42-19-32(2,3)4)21(16-39)17-41-30(25)26(35)15-22/h5-10,13-15,17-18,31,43-45H,11-12,19H2,1-4H3,(H,41,42)/t31-/m0/s1. The van der Waals surface area contributed by atoms with Gasteiger partial charge in [0.05, 0.1) is 39.2 Å². The van der Waals surface area contributed by atoms with Crippen LogP contribution in [-0.4, -0.2) is 33.2 Å². The first-order valence-electron chi connectivity index (χ1n) is 14.9. The Hall–Kier alpha value is -4.53. The molecule has 1 aliphatic carbocycles. The molecule has 0 unspecified atom stereocenters. The number of pyridine rings is 2. The van der Waals surface area contributed by atoms with Crippen LogP contribution in [0.3, 0.4) is 0 Å². The molecule has 8 nitrogen and oxygen atoms in total. The third kappa shape index (κ3) is 5.90. The Kier molecular flexibility index (Phi) is 7.99. The number of nitrogens with one attached hydrogen (secondary N) is 4. The molecule has 1 aliphatic heterocycles. The highest BCUT2D eigenvalue weighted by Gasteiger charge is 2.67. The summed E-state index contributed by atoms with van der Waals surface area (Å²) >= 11 is 6.79. The lowest BCUT2D eigenvalue weighted by Crippen LogP contribution is -2.52. The third-order valence-electron chi connectivity index (χ3n) is 8.39. The van der Waals surface area contributed by atoms with Crippen molar-refractivity contribution >= 4 is 33.9 Å². The topological polar surface area (TPSA) is 101 Å². The van der Waals surface area contributed by atoms with Gasteiger partial charge in [0.1, 0.15) is 6.07 Å². The Bertz CT molecular complexity index is 1860. The minimum atomic E-state index is -4.40. The number of benzene rings is 2. The lowest BCUT2D eigenvalue weighted by molar-refractivity contribution is -0.195. The van der Waals surface area contributed by atoms with Gasteiger partial charge in [0.2, 0.25) is 0 Å². The quantitative estimate of drug-likeness (QED) is 0.153. The van der Waals surface area contributed by atoms with Crippen molar-refractivity contribution in [1.82, 2.24) is 25.9 Å². The lowest BCUT2D eigenvalue weighted by atomic mass is 9.93. The highest BCUT2D eigenvalue weighted by molar-refractivity contribution is 6.35. The summed E-state index contributed by atoms with van der Waals surface area (Å²) in [7, 11) is 0. The van der Waals surface area contributed by atoms with Crippen LogP contribution in [0, 0.1) is 23.7 Å². The molecule has 0 bridgehead atoms. The second kappa shape index (κ2) is 11.7. The molecule has 1 atom stereocenters. The number of hydrogen-bond donors (Lipinski definition) is 4. The molecule has 0 amide bonds. The van der Waals surface area contributed by atoms with Crippen LogP contribution in [0.2, 0.25) is 5.02 Å². The summed E-state index contributed by atoms with van der Waals surface area (Å²) in [5.74, 6) is 0. The summed E-state index contributed by atoms with van der Waals surface area (Å²) < 4.78 is 42.2. The van der Waals surface area contributed by atoms with E-state index in [4.69, 9.17) is 11.6 Å². The first-order chi connectivity index (χ1) is 21.8. The fourth-order valence-corrected chi connectivity index (χ4v) is 5.98. The molecule has 3 heterocycles. The number of hydrogen-bond acceptors (Lipinski definition) is 8. The van der Waals surface area contributed by atoms with E-state index in [1.165, 1.54) is 12.4 Å². The van der Waals surface area contributed by atoms with Crippen LogP contribution in [0.25, 0.3) is 22.2 Å². The van der Waals surface area contributed by atoms with Gasteiger partial charge in [0.15, 0.2) is 5.54 Å². The number of hydrazine groups is 2. The maximum Gasteiger partial charge on any atom is 0.413 e. The molecule has 46 heavy (non-hydrogen) atoms. The minimum Gasteiger partial charge on any atom is -0.383 e. The number of fused-ring (bicyclic) bond motifs is 1. The largest absolute Gasteiger partial charge is 0.413 e. The number of anilines is 2. The fourth-order valence-electron chi connectivity index (χ4n) is 5.71. The molecule has 0 saturated heterocycles. The van der Waals surface area contributed by atoms with E-state index in [0.29, 0.717) is 45.1 Å². The minimum absolute atomic E-state index is 0.0000951. The summed E-state index contributed by atoms with van der Waals surface area (Å²) in [6, 6.07) is 16.7. The van der Waals surface area contributed by atoms with Crippen molar-refractivity contribution in [2.75, 3.05) is 17.2 Å². The van der Waals surface area contributed by atoms with Gasteiger partial charge in [0, 0.05) is 41.8 Å². The van der Waals surface area contributed by atoms with Crippen LogP contribution in [-0.2, 0) is 0 Å². The Morgan fingerprint density at radius 3 is 2.54 bits per heavy atom. The van der Waals surface area contributed by atoms with E-state index in [9.17, 15) is 18.4 Å². The second-order valence-electron chi connectivity index (χ2n) is 13.0. The molecule has 2 aliphatic rings. The normalized spacial score (nSPS) is 16.4. The van der Waals surface area contributed by atoms with Crippen molar-refractivity contribution in [2.45, 2.75) is 58.3 Å². The Morgan fingerprint density at radius 2 is 1.89 bits per heavy atom. The molecule has 1 saturated carbocycles. The van der Waals surface area contributed by atoms with Gasteiger partial charge in [-0.05, 0) is 60.6 Å². The van der Waals surface area contributed by atoms with Gasteiger partial charge < -0.3 is 16.1 Å². The SMILES string of the molecule is Cc1c(-c2ccccn2)cccc1[C@H](Nc1cc(Cl)c2ncc(C#N)c(NCC(C)(C)C)c2c1)C1=CN(C2(C(F)(F)F)CC2)NN1. The Balaban J connectivity index is 1.46. The molecule has 4 aromatic rings. The first-order valence-corrected chi connectivity index (χ1v) is 15.3. The fraction of sp³-hybridized carbons (Fsp3) is 0.324. The zero-order valence-corrected chi connectivity index (χ0v) is 26.6. The summed E-state index contributed by atoms with van der Waals surface area (Å²) in [5.41, 5.74) is 9.74. The number of nitrogens with zero attached hydrogens (tertiary/aromatic N) is 4. The van der Waals surface area contributed by atoms with Crippen molar-refractivity contribution in [3.05, 3.63) is 94.5 Å². The van der Waals surface area contributed by atoms with Crippen LogP contribution in [0.1, 0.15) is 56.3 Å². The number of alkyl halides is 3. The highest BCUT2D eigenvalue weighted by atomic mass is 35.5. The Morgan fingerprint density at radius 1 is 1.11 bits per heavy atom. The van der Waals surface area contributed by atoms with E-state index >= 15 is 0 Å². The average Bonchev–Trinajstić information content (AvgIpc) is 3.70. The molecule has 12 heteroatoms. The maximum absolute atomic E-state index is 14.1. The molecule has 6 rings (SSSR count). The average molecular weight is 647 g/mol. The first kappa shape index (κ1) is 31.5. The summed E-state index contributed by atoms with van der Waals surface area (Å²) in [6.07, 6.45) is 0.306. The van der Waals surface area contributed by atoms with E-state index < -0.39 is 17.8 Å². The molecule has 238 valence electrons. The molecular formula is C34H34ClF3N8. The van der Waals surface area contributed by atoms with Gasteiger partial charge in [0.25, 0.3) is 0 Å². The van der Waals surface area contributed by atoms with Gasteiger partial charge in [-0.3, -0.25) is 15.0 Å². The second-order valence-corrected chi connectivity index (χ2v) is 13.4. The van der Waals surface area contributed by atoms with Gasteiger partial charge in [-0.2, -0.15) is 18.4 Å². The predicted molar refractivity (Wildman–Crippen MR) is 174 cm³/mol. The molecule has 2 aromatic carbocycles. The number of rotatable bonds is 8. The highest BCUT2D eigenvalue weighted by Crippen LogP contribution is 2.54. The summed E-state index contributed by atoms with van der Waals surface area (Å²) in [6.45, 7) is 8.83. The van der Waals surface area contributed by atoms with E-state index in [1.54, 1.807) is 12.3 Å². The molecule has 0 spiro atoms. The molecule has 1 fully saturated rings. The van der Waals surface area contributed by atoms with Gasteiger partial charge in [-0.15, -0.1) is 5.53 Å². The van der Waals surface area contributed by atoms with E-state index in [2.05, 4.69) is 58.4 Å². The third-order valence-corrected chi connectivity index (χ3v) is 8.68. The van der Waals surface area contributed by atoms with Gasteiger partial charge >= 0.3 is 6.18 Å². The Labute approximate surface area is 270 Å². The van der Waals surface area contributed by atoms with Crippen molar-refractivity contribution in [1.29, 1.82) is 5.26 Å². The van der Waals surface area contributed by atoms with Crippen LogP contribution < -0.4 is 21.6 Å². The van der Waals surface area contributed by atoms with Crippen molar-refractivity contribution in [3.8, 4) is 17.3 Å². The lowest BCUT2D eigenvalue weighted by Gasteiger charge is -2.28. The number of halogens is 4.